The van der Waals surface area contributed by atoms with Gasteiger partial charge >= 0.3 is 0 Å². The number of nitriles is 1. The van der Waals surface area contributed by atoms with Crippen LogP contribution in [0.1, 0.15) is 11.1 Å². The predicted molar refractivity (Wildman–Crippen MR) is 82.2 cm³/mol. The number of aryl methyl sites for hydroxylation is 1. The minimum absolute atomic E-state index is 0.734. The molecule has 0 unspecified atom stereocenters. The van der Waals surface area contributed by atoms with E-state index in [1.807, 2.05) is 31.5 Å². The van der Waals surface area contributed by atoms with Gasteiger partial charge in [-0.15, -0.1) is 11.8 Å². The number of benzene rings is 2. The lowest BCUT2D eigenvalue weighted by Crippen LogP contribution is -2.11. The zero-order valence-electron chi connectivity index (χ0n) is 11.3. The first-order valence-corrected chi connectivity index (χ1v) is 7.27. The number of rotatable bonds is 3. The zero-order valence-corrected chi connectivity index (χ0v) is 12.2. The Morgan fingerprint density at radius 2 is 1.79 bits per heavy atom. The van der Waals surface area contributed by atoms with Gasteiger partial charge < -0.3 is 4.90 Å². The molecule has 96 valence electrons. The molecule has 0 bridgehead atoms. The Morgan fingerprint density at radius 1 is 1.11 bits per heavy atom. The summed E-state index contributed by atoms with van der Waals surface area (Å²) in [4.78, 5) is 3.07. The topological polar surface area (TPSA) is 27.0 Å². The fourth-order valence-electron chi connectivity index (χ4n) is 1.99. The van der Waals surface area contributed by atoms with E-state index in [9.17, 15) is 5.26 Å². The molecule has 0 aliphatic carbocycles. The number of nitrogens with zero attached hydrogens (tertiary/aromatic N) is 2. The molecular formula is C16H16N2S. The molecule has 0 aliphatic rings. The van der Waals surface area contributed by atoms with Crippen molar-refractivity contribution < 1.29 is 0 Å². The van der Waals surface area contributed by atoms with E-state index in [1.165, 1.54) is 5.56 Å². The minimum atomic E-state index is 0.734. The molecule has 3 heteroatoms. The highest BCUT2D eigenvalue weighted by molar-refractivity contribution is 7.98. The van der Waals surface area contributed by atoms with Crippen LogP contribution in [0.25, 0.3) is 0 Å². The fraction of sp³-hybridized carbons (Fsp3) is 0.188. The Bertz CT molecular complexity index is 612. The van der Waals surface area contributed by atoms with Crippen LogP contribution >= 0.6 is 11.8 Å². The molecule has 0 heterocycles. The molecule has 2 aromatic rings. The van der Waals surface area contributed by atoms with Gasteiger partial charge in [0.15, 0.2) is 0 Å². The molecule has 0 amide bonds. The monoisotopic (exact) mass is 268 g/mol. The molecule has 0 N–H and O–H groups in total. The second-order valence-corrected chi connectivity index (χ2v) is 5.21. The fourth-order valence-corrected chi connectivity index (χ4v) is 2.56. The maximum Gasteiger partial charge on any atom is 0.103 e. The van der Waals surface area contributed by atoms with Crippen LogP contribution in [0.4, 0.5) is 11.4 Å². The van der Waals surface area contributed by atoms with Crippen LogP contribution in [-0.2, 0) is 0 Å². The van der Waals surface area contributed by atoms with Crippen molar-refractivity contribution in [2.75, 3.05) is 18.2 Å². The number of hydrogen-bond donors (Lipinski definition) is 0. The summed E-state index contributed by atoms with van der Waals surface area (Å²) >= 11 is 1.60. The highest BCUT2D eigenvalue weighted by Crippen LogP contribution is 2.32. The molecule has 0 saturated heterocycles. The molecule has 0 aliphatic heterocycles. The Morgan fingerprint density at radius 3 is 2.37 bits per heavy atom. The number of hydrogen-bond acceptors (Lipinski definition) is 3. The molecule has 2 aromatic carbocycles. The highest BCUT2D eigenvalue weighted by Gasteiger charge is 2.12. The molecule has 0 saturated carbocycles. The molecule has 0 fully saturated rings. The van der Waals surface area contributed by atoms with Gasteiger partial charge in [-0.05, 0) is 37.4 Å². The zero-order chi connectivity index (χ0) is 13.8. The summed E-state index contributed by atoms with van der Waals surface area (Å²) < 4.78 is 0. The van der Waals surface area contributed by atoms with Crippen molar-refractivity contribution in [1.82, 2.24) is 0 Å². The first-order valence-electron chi connectivity index (χ1n) is 6.05. The van der Waals surface area contributed by atoms with Crippen molar-refractivity contribution in [3.05, 3.63) is 53.6 Å². The minimum Gasteiger partial charge on any atom is -0.344 e. The largest absolute Gasteiger partial charge is 0.344 e. The van der Waals surface area contributed by atoms with E-state index in [2.05, 4.69) is 42.2 Å². The van der Waals surface area contributed by atoms with Crippen molar-refractivity contribution in [1.29, 1.82) is 5.26 Å². The normalized spacial score (nSPS) is 10.0. The maximum atomic E-state index is 9.38. The number of thioether (sulfide) groups is 1. The van der Waals surface area contributed by atoms with Crippen molar-refractivity contribution in [3.63, 3.8) is 0 Å². The maximum absolute atomic E-state index is 9.38. The van der Waals surface area contributed by atoms with Gasteiger partial charge in [-0.25, -0.2) is 0 Å². The first kappa shape index (κ1) is 13.5. The SMILES string of the molecule is CSc1cccc(N(C)c2ccc(C)cc2)c1C#N. The third-order valence-electron chi connectivity index (χ3n) is 3.12. The van der Waals surface area contributed by atoms with E-state index in [4.69, 9.17) is 0 Å². The molecule has 0 radical (unpaired) electrons. The van der Waals surface area contributed by atoms with E-state index in [0.29, 0.717) is 0 Å². The van der Waals surface area contributed by atoms with Crippen LogP contribution in [0, 0.1) is 18.3 Å². The summed E-state index contributed by atoms with van der Waals surface area (Å²) in [6.07, 6.45) is 1.99. The van der Waals surface area contributed by atoms with E-state index < -0.39 is 0 Å². The first-order chi connectivity index (χ1) is 9.17. The van der Waals surface area contributed by atoms with Crippen LogP contribution in [0.2, 0.25) is 0 Å². The molecular weight excluding hydrogens is 252 g/mol. The van der Waals surface area contributed by atoms with Crippen molar-refractivity contribution in [3.8, 4) is 6.07 Å². The van der Waals surface area contributed by atoms with Crippen LogP contribution in [0.15, 0.2) is 47.4 Å². The average molecular weight is 268 g/mol. The quantitative estimate of drug-likeness (QED) is 0.774. The summed E-state index contributed by atoms with van der Waals surface area (Å²) in [5, 5.41) is 9.38. The van der Waals surface area contributed by atoms with Gasteiger partial charge in [-0.3, -0.25) is 0 Å². The molecule has 2 nitrogen and oxygen atoms in total. The van der Waals surface area contributed by atoms with Crippen LogP contribution in [0.5, 0.6) is 0 Å². The second kappa shape index (κ2) is 5.81. The van der Waals surface area contributed by atoms with Crippen molar-refractivity contribution in [2.45, 2.75) is 11.8 Å². The van der Waals surface area contributed by atoms with Gasteiger partial charge in [-0.1, -0.05) is 23.8 Å². The Balaban J connectivity index is 2.47. The lowest BCUT2D eigenvalue weighted by atomic mass is 10.1. The second-order valence-electron chi connectivity index (χ2n) is 4.36. The van der Waals surface area contributed by atoms with E-state index >= 15 is 0 Å². The smallest absolute Gasteiger partial charge is 0.103 e. The Kier molecular flexibility index (Phi) is 4.13. The van der Waals surface area contributed by atoms with Gasteiger partial charge in [0.05, 0.1) is 11.3 Å². The van der Waals surface area contributed by atoms with Gasteiger partial charge in [0.2, 0.25) is 0 Å². The van der Waals surface area contributed by atoms with Gasteiger partial charge in [0.25, 0.3) is 0 Å². The molecule has 0 atom stereocenters. The summed E-state index contributed by atoms with van der Waals surface area (Å²) in [6, 6.07) is 16.6. The van der Waals surface area contributed by atoms with Gasteiger partial charge in [0, 0.05) is 17.6 Å². The van der Waals surface area contributed by atoms with Crippen LogP contribution < -0.4 is 4.90 Å². The summed E-state index contributed by atoms with van der Waals surface area (Å²) in [6.45, 7) is 2.07. The van der Waals surface area contributed by atoms with Gasteiger partial charge in [0.1, 0.15) is 6.07 Å². The third kappa shape index (κ3) is 2.74. The predicted octanol–water partition coefficient (Wildman–Crippen LogP) is 4.36. The molecule has 0 spiro atoms. The molecule has 0 aromatic heterocycles. The molecule has 19 heavy (non-hydrogen) atoms. The highest BCUT2D eigenvalue weighted by atomic mass is 32.2. The standard InChI is InChI=1S/C16H16N2S/c1-12-7-9-13(10-8-12)18(2)15-5-4-6-16(19-3)14(15)11-17/h4-10H,1-3H3. The average Bonchev–Trinajstić information content (AvgIpc) is 2.46. The Labute approximate surface area is 118 Å². The van der Waals surface area contributed by atoms with Crippen molar-refractivity contribution >= 4 is 23.1 Å². The van der Waals surface area contributed by atoms with Gasteiger partial charge in [-0.2, -0.15) is 5.26 Å². The van der Waals surface area contributed by atoms with Crippen LogP contribution in [0.3, 0.4) is 0 Å². The van der Waals surface area contributed by atoms with Crippen molar-refractivity contribution in [2.24, 2.45) is 0 Å². The van der Waals surface area contributed by atoms with E-state index in [0.717, 1.165) is 21.8 Å². The summed E-state index contributed by atoms with van der Waals surface area (Å²) in [5.41, 5.74) is 3.99. The lowest BCUT2D eigenvalue weighted by Gasteiger charge is -2.21. The molecule has 2 rings (SSSR count). The number of anilines is 2. The third-order valence-corrected chi connectivity index (χ3v) is 3.90. The summed E-state index contributed by atoms with van der Waals surface area (Å²) in [5.74, 6) is 0. The Hall–Kier alpha value is -1.92. The van der Waals surface area contributed by atoms with E-state index in [1.54, 1.807) is 11.8 Å². The van der Waals surface area contributed by atoms with E-state index in [-0.39, 0.29) is 0 Å². The lowest BCUT2D eigenvalue weighted by molar-refractivity contribution is 1.18. The summed E-state index contributed by atoms with van der Waals surface area (Å²) in [7, 11) is 1.99. The van der Waals surface area contributed by atoms with Crippen LogP contribution in [-0.4, -0.2) is 13.3 Å².